The lowest BCUT2D eigenvalue weighted by Crippen LogP contribution is -2.47. The highest BCUT2D eigenvalue weighted by Crippen LogP contribution is 2.42. The van der Waals surface area contributed by atoms with Crippen molar-refractivity contribution in [1.29, 1.82) is 0 Å². The van der Waals surface area contributed by atoms with Gasteiger partial charge in [0.1, 0.15) is 0 Å². The van der Waals surface area contributed by atoms with E-state index in [2.05, 4.69) is 0 Å². The van der Waals surface area contributed by atoms with Crippen LogP contribution in [-0.4, -0.2) is 29.3 Å². The first-order chi connectivity index (χ1) is 6.67. The van der Waals surface area contributed by atoms with Gasteiger partial charge in [-0.1, -0.05) is 12.8 Å². The van der Waals surface area contributed by atoms with Gasteiger partial charge in [-0.3, -0.25) is 4.79 Å². The lowest BCUT2D eigenvalue weighted by molar-refractivity contribution is -0.154. The summed E-state index contributed by atoms with van der Waals surface area (Å²) in [5.74, 6) is -0.748. The van der Waals surface area contributed by atoms with Crippen LogP contribution in [0.25, 0.3) is 0 Å². The molecule has 1 rings (SSSR count). The van der Waals surface area contributed by atoms with Crippen molar-refractivity contribution in [3.8, 4) is 0 Å². The molecule has 0 amide bonds. The average Bonchev–Trinajstić information content (AvgIpc) is 2.19. The number of carboxylic acids is 1. The van der Waals surface area contributed by atoms with Crippen LogP contribution in [0.3, 0.4) is 0 Å². The lowest BCUT2D eigenvalue weighted by Gasteiger charge is -2.39. The number of carboxylic acid groups (broad SMARTS) is 1. The Balaban J connectivity index is 0.00000196. The van der Waals surface area contributed by atoms with Gasteiger partial charge in [0, 0.05) is 13.2 Å². The Morgan fingerprint density at radius 1 is 1.47 bits per heavy atom. The minimum absolute atomic E-state index is 0. The van der Waals surface area contributed by atoms with Crippen LogP contribution in [0.5, 0.6) is 0 Å². The van der Waals surface area contributed by atoms with E-state index in [1.54, 1.807) is 0 Å². The SMILES string of the molecule is Cl.NC[C@@]1(C(=O)O)CCCC[C@H]1CCO. The number of hydrogen-bond donors (Lipinski definition) is 3. The van der Waals surface area contributed by atoms with Crippen LogP contribution >= 0.6 is 12.4 Å². The van der Waals surface area contributed by atoms with Crippen LogP contribution in [-0.2, 0) is 4.79 Å². The predicted molar refractivity (Wildman–Crippen MR) is 60.0 cm³/mol. The molecule has 1 aliphatic rings. The summed E-state index contributed by atoms with van der Waals surface area (Å²) < 4.78 is 0. The molecule has 4 N–H and O–H groups in total. The number of aliphatic hydroxyl groups is 1. The quantitative estimate of drug-likeness (QED) is 0.682. The molecule has 0 unspecified atom stereocenters. The van der Waals surface area contributed by atoms with Crippen molar-refractivity contribution < 1.29 is 15.0 Å². The molecular weight excluding hydrogens is 218 g/mol. The molecule has 90 valence electrons. The van der Waals surface area contributed by atoms with E-state index < -0.39 is 11.4 Å². The van der Waals surface area contributed by atoms with Crippen LogP contribution in [0, 0.1) is 11.3 Å². The molecule has 0 saturated heterocycles. The van der Waals surface area contributed by atoms with Gasteiger partial charge >= 0.3 is 5.97 Å². The summed E-state index contributed by atoms with van der Waals surface area (Å²) >= 11 is 0. The number of aliphatic hydroxyl groups excluding tert-OH is 1. The number of carbonyl (C=O) groups is 1. The van der Waals surface area contributed by atoms with Gasteiger partial charge < -0.3 is 15.9 Å². The summed E-state index contributed by atoms with van der Waals surface area (Å²) in [7, 11) is 0. The van der Waals surface area contributed by atoms with Crippen molar-refractivity contribution in [1.82, 2.24) is 0 Å². The summed E-state index contributed by atoms with van der Waals surface area (Å²) in [5.41, 5.74) is 4.82. The minimum atomic E-state index is -0.793. The van der Waals surface area contributed by atoms with E-state index in [4.69, 9.17) is 10.8 Å². The van der Waals surface area contributed by atoms with E-state index in [0.29, 0.717) is 12.8 Å². The fraction of sp³-hybridized carbons (Fsp3) is 0.900. The highest BCUT2D eigenvalue weighted by molar-refractivity contribution is 5.85. The Bertz CT molecular complexity index is 211. The molecule has 1 aliphatic carbocycles. The number of rotatable bonds is 4. The topological polar surface area (TPSA) is 83.6 Å². The second-order valence-electron chi connectivity index (χ2n) is 4.12. The molecule has 0 aromatic rings. The summed E-state index contributed by atoms with van der Waals surface area (Å²) in [6.07, 6.45) is 4.09. The maximum absolute atomic E-state index is 11.2. The first-order valence-corrected chi connectivity index (χ1v) is 5.21. The summed E-state index contributed by atoms with van der Waals surface area (Å²) in [4.78, 5) is 11.2. The van der Waals surface area contributed by atoms with Crippen LogP contribution in [0.4, 0.5) is 0 Å². The van der Waals surface area contributed by atoms with Crippen molar-refractivity contribution >= 4 is 18.4 Å². The van der Waals surface area contributed by atoms with E-state index in [-0.39, 0.29) is 31.5 Å². The normalized spacial score (nSPS) is 30.7. The van der Waals surface area contributed by atoms with Crippen molar-refractivity contribution in [3.05, 3.63) is 0 Å². The molecule has 4 nitrogen and oxygen atoms in total. The van der Waals surface area contributed by atoms with Gasteiger partial charge in [-0.15, -0.1) is 12.4 Å². The molecular formula is C10H20ClNO3. The standard InChI is InChI=1S/C10H19NO3.ClH/c11-7-10(9(13)14)5-2-1-3-8(10)4-6-12;/h8,12H,1-7,11H2,(H,13,14);1H/t8-,10-;/m0./s1. The van der Waals surface area contributed by atoms with Gasteiger partial charge in [0.05, 0.1) is 5.41 Å². The Morgan fingerprint density at radius 3 is 2.60 bits per heavy atom. The Hall–Kier alpha value is -0.320. The van der Waals surface area contributed by atoms with Crippen molar-refractivity contribution in [2.75, 3.05) is 13.2 Å². The van der Waals surface area contributed by atoms with Gasteiger partial charge in [-0.25, -0.2) is 0 Å². The lowest BCUT2D eigenvalue weighted by atomic mass is 9.65. The van der Waals surface area contributed by atoms with Gasteiger partial charge in [0.15, 0.2) is 0 Å². The molecule has 5 heteroatoms. The molecule has 0 spiro atoms. The third-order valence-corrected chi connectivity index (χ3v) is 3.47. The Kier molecular flexibility index (Phi) is 6.17. The van der Waals surface area contributed by atoms with Crippen LogP contribution in [0.1, 0.15) is 32.1 Å². The van der Waals surface area contributed by atoms with E-state index >= 15 is 0 Å². The zero-order chi connectivity index (χ0) is 10.6. The molecule has 1 saturated carbocycles. The van der Waals surface area contributed by atoms with Crippen molar-refractivity contribution in [3.63, 3.8) is 0 Å². The van der Waals surface area contributed by atoms with Gasteiger partial charge in [-0.05, 0) is 25.2 Å². The van der Waals surface area contributed by atoms with Crippen LogP contribution in [0.2, 0.25) is 0 Å². The van der Waals surface area contributed by atoms with Crippen LogP contribution in [0.15, 0.2) is 0 Å². The summed E-state index contributed by atoms with van der Waals surface area (Å²) in [6.45, 7) is 0.243. The highest BCUT2D eigenvalue weighted by Gasteiger charge is 2.45. The van der Waals surface area contributed by atoms with Gasteiger partial charge in [0.2, 0.25) is 0 Å². The van der Waals surface area contributed by atoms with Gasteiger partial charge in [-0.2, -0.15) is 0 Å². The maximum Gasteiger partial charge on any atom is 0.311 e. The zero-order valence-electron chi connectivity index (χ0n) is 8.82. The molecule has 1 fully saturated rings. The Labute approximate surface area is 96.3 Å². The first kappa shape index (κ1) is 14.7. The summed E-state index contributed by atoms with van der Waals surface area (Å²) in [5, 5.41) is 18.1. The van der Waals surface area contributed by atoms with E-state index in [1.807, 2.05) is 0 Å². The molecule has 0 aromatic heterocycles. The maximum atomic E-state index is 11.2. The molecule has 0 bridgehead atoms. The van der Waals surface area contributed by atoms with E-state index in [9.17, 15) is 9.90 Å². The Morgan fingerprint density at radius 2 is 2.13 bits per heavy atom. The number of nitrogens with two attached hydrogens (primary N) is 1. The first-order valence-electron chi connectivity index (χ1n) is 5.21. The minimum Gasteiger partial charge on any atom is -0.481 e. The molecule has 0 heterocycles. The monoisotopic (exact) mass is 237 g/mol. The smallest absolute Gasteiger partial charge is 0.311 e. The molecule has 2 atom stereocenters. The van der Waals surface area contributed by atoms with Gasteiger partial charge in [0.25, 0.3) is 0 Å². The number of aliphatic carboxylic acids is 1. The molecule has 0 aromatic carbocycles. The average molecular weight is 238 g/mol. The summed E-state index contributed by atoms with van der Waals surface area (Å²) in [6, 6.07) is 0. The third kappa shape index (κ3) is 2.83. The predicted octanol–water partition coefficient (Wildman–Crippen LogP) is 1.01. The second kappa shape index (κ2) is 6.30. The van der Waals surface area contributed by atoms with E-state index in [1.165, 1.54) is 0 Å². The fourth-order valence-corrected chi connectivity index (χ4v) is 2.53. The molecule has 0 aliphatic heterocycles. The molecule has 15 heavy (non-hydrogen) atoms. The number of hydrogen-bond acceptors (Lipinski definition) is 3. The zero-order valence-corrected chi connectivity index (χ0v) is 9.63. The fourth-order valence-electron chi connectivity index (χ4n) is 2.53. The van der Waals surface area contributed by atoms with Crippen molar-refractivity contribution in [2.24, 2.45) is 17.1 Å². The van der Waals surface area contributed by atoms with Crippen molar-refractivity contribution in [2.45, 2.75) is 32.1 Å². The second-order valence-corrected chi connectivity index (χ2v) is 4.12. The molecule has 0 radical (unpaired) electrons. The number of halogens is 1. The highest BCUT2D eigenvalue weighted by atomic mass is 35.5. The van der Waals surface area contributed by atoms with Crippen LogP contribution < -0.4 is 5.73 Å². The van der Waals surface area contributed by atoms with E-state index in [0.717, 1.165) is 19.3 Å². The third-order valence-electron chi connectivity index (χ3n) is 3.47. The largest absolute Gasteiger partial charge is 0.481 e.